The van der Waals surface area contributed by atoms with Crippen LogP contribution in [0.5, 0.6) is 0 Å². The van der Waals surface area contributed by atoms with Crippen LogP contribution in [-0.2, 0) is 10.0 Å². The molecule has 106 valence electrons. The highest BCUT2D eigenvalue weighted by Crippen LogP contribution is 2.28. The minimum absolute atomic E-state index is 0.0897. The summed E-state index contributed by atoms with van der Waals surface area (Å²) in [6.45, 7) is 0. The van der Waals surface area contributed by atoms with Crippen LogP contribution in [0.3, 0.4) is 0 Å². The lowest BCUT2D eigenvalue weighted by Crippen LogP contribution is -2.13. The molecule has 2 rings (SSSR count). The van der Waals surface area contributed by atoms with Gasteiger partial charge in [-0.1, -0.05) is 23.2 Å². The predicted molar refractivity (Wildman–Crippen MR) is 85.8 cm³/mol. The topological polar surface area (TPSA) is 72.2 Å². The SMILES string of the molecule is Nc1cc(NS(=O)(=O)c2cc(Cl)ccc2Cl)ccc1Br. The largest absolute Gasteiger partial charge is 0.398 e. The van der Waals surface area contributed by atoms with Gasteiger partial charge in [-0.3, -0.25) is 4.72 Å². The number of hydrogen-bond donors (Lipinski definition) is 2. The second-order valence-electron chi connectivity index (χ2n) is 3.92. The molecule has 0 heterocycles. The molecule has 2 aromatic rings. The van der Waals surface area contributed by atoms with E-state index in [-0.39, 0.29) is 14.9 Å². The minimum Gasteiger partial charge on any atom is -0.398 e. The van der Waals surface area contributed by atoms with E-state index in [4.69, 9.17) is 28.9 Å². The van der Waals surface area contributed by atoms with Gasteiger partial charge in [-0.15, -0.1) is 0 Å². The number of nitrogens with two attached hydrogens (primary N) is 1. The maximum atomic E-state index is 12.3. The molecule has 0 bridgehead atoms. The molecule has 20 heavy (non-hydrogen) atoms. The van der Waals surface area contributed by atoms with E-state index in [2.05, 4.69) is 20.7 Å². The zero-order chi connectivity index (χ0) is 14.9. The van der Waals surface area contributed by atoms with Crippen molar-refractivity contribution in [2.24, 2.45) is 0 Å². The highest BCUT2D eigenvalue weighted by atomic mass is 79.9. The van der Waals surface area contributed by atoms with Gasteiger partial charge in [0.1, 0.15) is 4.90 Å². The van der Waals surface area contributed by atoms with Crippen molar-refractivity contribution in [3.05, 3.63) is 50.9 Å². The van der Waals surface area contributed by atoms with Crippen molar-refractivity contribution in [3.8, 4) is 0 Å². The van der Waals surface area contributed by atoms with E-state index in [1.54, 1.807) is 12.1 Å². The van der Waals surface area contributed by atoms with E-state index in [0.717, 1.165) is 0 Å². The number of rotatable bonds is 3. The van der Waals surface area contributed by atoms with E-state index in [9.17, 15) is 8.42 Å². The van der Waals surface area contributed by atoms with Gasteiger partial charge in [-0.25, -0.2) is 8.42 Å². The zero-order valence-electron chi connectivity index (χ0n) is 9.90. The fourth-order valence-corrected chi connectivity index (χ4v) is 3.56. The maximum Gasteiger partial charge on any atom is 0.263 e. The molecule has 0 saturated heterocycles. The number of sulfonamides is 1. The molecular formula is C12H9BrCl2N2O2S. The summed E-state index contributed by atoms with van der Waals surface area (Å²) >= 11 is 14.9. The number of nitrogen functional groups attached to an aromatic ring is 1. The van der Waals surface area contributed by atoms with Gasteiger partial charge in [-0.2, -0.15) is 0 Å². The van der Waals surface area contributed by atoms with E-state index in [1.807, 2.05) is 0 Å². The molecule has 0 aliphatic heterocycles. The normalized spacial score (nSPS) is 11.3. The van der Waals surface area contributed by atoms with Crippen LogP contribution in [0.4, 0.5) is 11.4 Å². The van der Waals surface area contributed by atoms with Gasteiger partial charge in [0.2, 0.25) is 0 Å². The Balaban J connectivity index is 2.40. The summed E-state index contributed by atoms with van der Waals surface area (Å²) in [5.41, 5.74) is 6.46. The number of nitrogens with one attached hydrogen (secondary N) is 1. The molecule has 0 saturated carbocycles. The lowest BCUT2D eigenvalue weighted by Gasteiger charge is -2.10. The highest BCUT2D eigenvalue weighted by molar-refractivity contribution is 9.10. The van der Waals surface area contributed by atoms with Crippen LogP contribution >= 0.6 is 39.1 Å². The quantitative estimate of drug-likeness (QED) is 0.767. The summed E-state index contributed by atoms with van der Waals surface area (Å²) in [6.07, 6.45) is 0. The molecule has 2 aromatic carbocycles. The Hall–Kier alpha value is -0.950. The Morgan fingerprint density at radius 3 is 2.45 bits per heavy atom. The predicted octanol–water partition coefficient (Wildman–Crippen LogP) is 4.14. The first-order valence-electron chi connectivity index (χ1n) is 5.32. The van der Waals surface area contributed by atoms with Gasteiger partial charge in [0.15, 0.2) is 0 Å². The van der Waals surface area contributed by atoms with Gasteiger partial charge in [0.25, 0.3) is 10.0 Å². The second-order valence-corrected chi connectivity index (χ2v) is 7.27. The van der Waals surface area contributed by atoms with Crippen molar-refractivity contribution in [1.29, 1.82) is 0 Å². The van der Waals surface area contributed by atoms with Crippen LogP contribution in [-0.4, -0.2) is 8.42 Å². The molecule has 4 nitrogen and oxygen atoms in total. The van der Waals surface area contributed by atoms with Crippen LogP contribution in [0.25, 0.3) is 0 Å². The molecule has 0 spiro atoms. The first-order valence-corrected chi connectivity index (χ1v) is 8.36. The molecule has 0 aliphatic rings. The number of anilines is 2. The summed E-state index contributed by atoms with van der Waals surface area (Å²) in [6, 6.07) is 8.95. The summed E-state index contributed by atoms with van der Waals surface area (Å²) in [5, 5.41) is 0.372. The van der Waals surface area contributed by atoms with E-state index >= 15 is 0 Å². The van der Waals surface area contributed by atoms with Crippen LogP contribution in [0.1, 0.15) is 0 Å². The van der Waals surface area contributed by atoms with E-state index < -0.39 is 10.0 Å². The van der Waals surface area contributed by atoms with E-state index in [1.165, 1.54) is 24.3 Å². The second kappa shape index (κ2) is 5.81. The fraction of sp³-hybridized carbons (Fsp3) is 0. The third-order valence-corrected chi connectivity index (χ3v) is 5.25. The zero-order valence-corrected chi connectivity index (χ0v) is 13.8. The third-order valence-electron chi connectivity index (χ3n) is 2.43. The first-order chi connectivity index (χ1) is 9.29. The summed E-state index contributed by atoms with van der Waals surface area (Å²) in [7, 11) is -3.83. The molecular weight excluding hydrogens is 387 g/mol. The molecule has 0 fully saturated rings. The van der Waals surface area contributed by atoms with Gasteiger partial charge < -0.3 is 5.73 Å². The Labute approximate surface area is 135 Å². The molecule has 0 unspecified atom stereocenters. The monoisotopic (exact) mass is 394 g/mol. The molecule has 0 aliphatic carbocycles. The van der Waals surface area contributed by atoms with Gasteiger partial charge in [0, 0.05) is 15.2 Å². The molecule has 0 atom stereocenters. The Kier molecular flexibility index (Phi) is 4.49. The molecule has 8 heteroatoms. The van der Waals surface area contributed by atoms with Crippen molar-refractivity contribution < 1.29 is 8.42 Å². The smallest absolute Gasteiger partial charge is 0.263 e. The maximum absolute atomic E-state index is 12.3. The van der Waals surface area contributed by atoms with Crippen molar-refractivity contribution in [2.75, 3.05) is 10.5 Å². The first kappa shape index (κ1) is 15.4. The average molecular weight is 396 g/mol. The highest BCUT2D eigenvalue weighted by Gasteiger charge is 2.18. The Morgan fingerprint density at radius 2 is 1.80 bits per heavy atom. The lowest BCUT2D eigenvalue weighted by atomic mass is 10.3. The molecule has 0 amide bonds. The van der Waals surface area contributed by atoms with Crippen molar-refractivity contribution in [2.45, 2.75) is 4.90 Å². The third kappa shape index (κ3) is 3.38. The average Bonchev–Trinajstić information content (AvgIpc) is 2.36. The van der Waals surface area contributed by atoms with E-state index in [0.29, 0.717) is 15.8 Å². The van der Waals surface area contributed by atoms with Crippen LogP contribution < -0.4 is 10.5 Å². The van der Waals surface area contributed by atoms with Gasteiger partial charge >= 0.3 is 0 Å². The molecule has 3 N–H and O–H groups in total. The molecule has 0 radical (unpaired) electrons. The van der Waals surface area contributed by atoms with Gasteiger partial charge in [0.05, 0.1) is 10.7 Å². The van der Waals surface area contributed by atoms with Crippen LogP contribution in [0.2, 0.25) is 10.0 Å². The fourth-order valence-electron chi connectivity index (χ4n) is 1.50. The lowest BCUT2D eigenvalue weighted by molar-refractivity contribution is 0.601. The van der Waals surface area contributed by atoms with Crippen LogP contribution in [0, 0.1) is 0 Å². The van der Waals surface area contributed by atoms with Crippen molar-refractivity contribution in [1.82, 2.24) is 0 Å². The van der Waals surface area contributed by atoms with Crippen LogP contribution in [0.15, 0.2) is 45.8 Å². The number of halogens is 3. The Bertz CT molecular complexity index is 766. The number of hydrogen-bond acceptors (Lipinski definition) is 3. The summed E-state index contributed by atoms with van der Waals surface area (Å²) in [4.78, 5) is -0.0897. The molecule has 0 aromatic heterocycles. The van der Waals surface area contributed by atoms with Crippen molar-refractivity contribution >= 4 is 60.5 Å². The summed E-state index contributed by atoms with van der Waals surface area (Å²) in [5.74, 6) is 0. The number of benzene rings is 2. The Morgan fingerprint density at radius 1 is 1.10 bits per heavy atom. The van der Waals surface area contributed by atoms with Crippen molar-refractivity contribution in [3.63, 3.8) is 0 Å². The standard InChI is InChI=1S/C12H9BrCl2N2O2S/c13-9-3-2-8(6-11(9)16)17-20(18,19)12-5-7(14)1-4-10(12)15/h1-6,17H,16H2. The minimum atomic E-state index is -3.83. The van der Waals surface area contributed by atoms with Gasteiger partial charge in [-0.05, 0) is 52.3 Å². The summed E-state index contributed by atoms with van der Waals surface area (Å²) < 4.78 is 27.6.